The molecular formula is C17H17NO3. The van der Waals surface area contributed by atoms with E-state index in [1.807, 2.05) is 24.3 Å². The number of nitrogens with one attached hydrogen (secondary N) is 1. The molecule has 3 rings (SSSR count). The van der Waals surface area contributed by atoms with Gasteiger partial charge in [-0.15, -0.1) is 0 Å². The predicted molar refractivity (Wildman–Crippen MR) is 79.7 cm³/mol. The molecule has 1 heterocycles. The first-order valence-electron chi connectivity index (χ1n) is 6.96. The number of amides is 1. The molecule has 1 aliphatic rings. The van der Waals surface area contributed by atoms with Gasteiger partial charge in [-0.05, 0) is 42.3 Å². The van der Waals surface area contributed by atoms with Crippen LogP contribution >= 0.6 is 0 Å². The Balaban J connectivity index is 1.59. The first kappa shape index (κ1) is 13.5. The number of rotatable bonds is 3. The van der Waals surface area contributed by atoms with Gasteiger partial charge in [0, 0.05) is 12.0 Å². The smallest absolute Gasteiger partial charge is 0.251 e. The molecule has 21 heavy (non-hydrogen) atoms. The summed E-state index contributed by atoms with van der Waals surface area (Å²) in [5, 5.41) is 12.4. The standard InChI is InChI=1S/C17H17NO3/c1-11-8-13(6-7-15(11)19)17(20)18-10-14-9-12-4-2-3-5-16(12)21-14/h2-8,14,19H,9-10H2,1H3,(H,18,20). The second kappa shape index (κ2) is 5.48. The lowest BCUT2D eigenvalue weighted by molar-refractivity contribution is 0.0933. The van der Waals surface area contributed by atoms with Crippen LogP contribution in [0.5, 0.6) is 11.5 Å². The number of aromatic hydroxyl groups is 1. The first-order valence-corrected chi connectivity index (χ1v) is 6.96. The molecule has 2 aromatic carbocycles. The van der Waals surface area contributed by atoms with Crippen molar-refractivity contribution >= 4 is 5.91 Å². The highest BCUT2D eigenvalue weighted by Crippen LogP contribution is 2.27. The Hall–Kier alpha value is -2.49. The summed E-state index contributed by atoms with van der Waals surface area (Å²) in [7, 11) is 0. The van der Waals surface area contributed by atoms with E-state index in [9.17, 15) is 9.90 Å². The molecule has 2 N–H and O–H groups in total. The van der Waals surface area contributed by atoms with E-state index in [-0.39, 0.29) is 17.8 Å². The normalized spacial score (nSPS) is 16.1. The highest BCUT2D eigenvalue weighted by atomic mass is 16.5. The minimum absolute atomic E-state index is 0.0236. The van der Waals surface area contributed by atoms with Crippen molar-refractivity contribution in [3.63, 3.8) is 0 Å². The number of phenolic OH excluding ortho intramolecular Hbond substituents is 1. The average molecular weight is 283 g/mol. The zero-order valence-corrected chi connectivity index (χ0v) is 11.8. The van der Waals surface area contributed by atoms with Gasteiger partial charge in [0.15, 0.2) is 0 Å². The third kappa shape index (κ3) is 2.84. The fourth-order valence-electron chi connectivity index (χ4n) is 2.47. The summed E-state index contributed by atoms with van der Waals surface area (Å²) in [6.45, 7) is 2.23. The molecule has 1 aliphatic heterocycles. The largest absolute Gasteiger partial charge is 0.508 e. The number of fused-ring (bicyclic) bond motifs is 1. The summed E-state index contributed by atoms with van der Waals surface area (Å²) < 4.78 is 5.78. The van der Waals surface area contributed by atoms with Crippen molar-refractivity contribution in [1.29, 1.82) is 0 Å². The predicted octanol–water partition coefficient (Wildman–Crippen LogP) is 2.43. The van der Waals surface area contributed by atoms with Crippen LogP contribution < -0.4 is 10.1 Å². The van der Waals surface area contributed by atoms with E-state index in [0.29, 0.717) is 17.7 Å². The molecule has 108 valence electrons. The third-order valence-corrected chi connectivity index (χ3v) is 3.66. The van der Waals surface area contributed by atoms with Crippen molar-refractivity contribution in [2.75, 3.05) is 6.54 Å². The lowest BCUT2D eigenvalue weighted by Crippen LogP contribution is -2.34. The van der Waals surface area contributed by atoms with Crippen molar-refractivity contribution < 1.29 is 14.6 Å². The molecule has 0 bridgehead atoms. The number of para-hydroxylation sites is 1. The Labute approximate surface area is 123 Å². The molecule has 0 saturated heterocycles. The number of aryl methyl sites for hydroxylation is 1. The van der Waals surface area contributed by atoms with E-state index >= 15 is 0 Å². The van der Waals surface area contributed by atoms with Crippen molar-refractivity contribution in [3.8, 4) is 11.5 Å². The summed E-state index contributed by atoms with van der Waals surface area (Å²) >= 11 is 0. The van der Waals surface area contributed by atoms with Gasteiger partial charge in [-0.2, -0.15) is 0 Å². The summed E-state index contributed by atoms with van der Waals surface area (Å²) in [6.07, 6.45) is 0.787. The minimum Gasteiger partial charge on any atom is -0.508 e. The molecule has 4 nitrogen and oxygen atoms in total. The molecule has 0 aromatic heterocycles. The second-order valence-electron chi connectivity index (χ2n) is 5.26. The maximum atomic E-state index is 12.1. The van der Waals surface area contributed by atoms with Gasteiger partial charge in [0.05, 0.1) is 6.54 Å². The summed E-state index contributed by atoms with van der Waals surface area (Å²) in [5.41, 5.74) is 2.41. The van der Waals surface area contributed by atoms with Gasteiger partial charge in [-0.1, -0.05) is 18.2 Å². The van der Waals surface area contributed by atoms with Crippen molar-refractivity contribution in [2.24, 2.45) is 0 Å². The van der Waals surface area contributed by atoms with Crippen LogP contribution in [0.2, 0.25) is 0 Å². The molecule has 1 unspecified atom stereocenters. The molecule has 0 spiro atoms. The Bertz CT molecular complexity index is 656. The molecule has 2 aromatic rings. The molecule has 1 atom stereocenters. The maximum Gasteiger partial charge on any atom is 0.251 e. The zero-order valence-electron chi connectivity index (χ0n) is 11.8. The van der Waals surface area contributed by atoms with Gasteiger partial charge in [0.2, 0.25) is 0 Å². The Morgan fingerprint density at radius 2 is 2.14 bits per heavy atom. The van der Waals surface area contributed by atoms with Gasteiger partial charge < -0.3 is 15.2 Å². The fraction of sp³-hybridized carbons (Fsp3) is 0.235. The average Bonchev–Trinajstić information content (AvgIpc) is 2.90. The SMILES string of the molecule is Cc1cc(C(=O)NCC2Cc3ccccc3O2)ccc1O. The topological polar surface area (TPSA) is 58.6 Å². The van der Waals surface area contributed by atoms with Crippen LogP contribution in [0.3, 0.4) is 0 Å². The number of hydrogen-bond acceptors (Lipinski definition) is 3. The number of hydrogen-bond donors (Lipinski definition) is 2. The van der Waals surface area contributed by atoms with Crippen LogP contribution in [0.15, 0.2) is 42.5 Å². The van der Waals surface area contributed by atoms with Gasteiger partial charge >= 0.3 is 0 Å². The molecule has 0 aliphatic carbocycles. The highest BCUT2D eigenvalue weighted by Gasteiger charge is 2.22. The summed E-state index contributed by atoms with van der Waals surface area (Å²) in [4.78, 5) is 12.1. The summed E-state index contributed by atoms with van der Waals surface area (Å²) in [6, 6.07) is 12.7. The fourth-order valence-corrected chi connectivity index (χ4v) is 2.47. The van der Waals surface area contributed by atoms with E-state index in [2.05, 4.69) is 5.32 Å². The number of carbonyl (C=O) groups is 1. The Morgan fingerprint density at radius 3 is 2.90 bits per heavy atom. The quantitative estimate of drug-likeness (QED) is 0.909. The molecule has 4 heteroatoms. The van der Waals surface area contributed by atoms with E-state index < -0.39 is 0 Å². The van der Waals surface area contributed by atoms with Crippen LogP contribution in [0.25, 0.3) is 0 Å². The molecular weight excluding hydrogens is 266 g/mol. The van der Waals surface area contributed by atoms with E-state index in [1.165, 1.54) is 11.6 Å². The number of phenols is 1. The Kier molecular flexibility index (Phi) is 3.52. The number of benzene rings is 2. The van der Waals surface area contributed by atoms with Crippen molar-refractivity contribution in [2.45, 2.75) is 19.4 Å². The van der Waals surface area contributed by atoms with Crippen LogP contribution in [-0.2, 0) is 6.42 Å². The van der Waals surface area contributed by atoms with Crippen LogP contribution in [0, 0.1) is 6.92 Å². The number of ether oxygens (including phenoxy) is 1. The molecule has 0 fully saturated rings. The van der Waals surface area contributed by atoms with E-state index in [0.717, 1.165) is 12.2 Å². The highest BCUT2D eigenvalue weighted by molar-refractivity contribution is 5.94. The van der Waals surface area contributed by atoms with Gasteiger partial charge in [0.25, 0.3) is 5.91 Å². The van der Waals surface area contributed by atoms with Gasteiger partial charge in [0.1, 0.15) is 17.6 Å². The maximum absolute atomic E-state index is 12.1. The Morgan fingerprint density at radius 1 is 1.33 bits per heavy atom. The first-order chi connectivity index (χ1) is 10.1. The van der Waals surface area contributed by atoms with Crippen LogP contribution in [-0.4, -0.2) is 23.7 Å². The van der Waals surface area contributed by atoms with Crippen LogP contribution in [0.4, 0.5) is 0 Å². The zero-order chi connectivity index (χ0) is 14.8. The van der Waals surface area contributed by atoms with Gasteiger partial charge in [-0.3, -0.25) is 4.79 Å². The van der Waals surface area contributed by atoms with Crippen LogP contribution in [0.1, 0.15) is 21.5 Å². The number of carbonyl (C=O) groups excluding carboxylic acids is 1. The van der Waals surface area contributed by atoms with Crippen molar-refractivity contribution in [1.82, 2.24) is 5.32 Å². The summed E-state index contributed by atoms with van der Waals surface area (Å²) in [5.74, 6) is 0.941. The van der Waals surface area contributed by atoms with E-state index in [4.69, 9.17) is 4.74 Å². The lowest BCUT2D eigenvalue weighted by Gasteiger charge is -2.12. The molecule has 1 amide bonds. The molecule has 0 radical (unpaired) electrons. The monoisotopic (exact) mass is 283 g/mol. The minimum atomic E-state index is -0.155. The third-order valence-electron chi connectivity index (χ3n) is 3.66. The van der Waals surface area contributed by atoms with E-state index in [1.54, 1.807) is 19.1 Å². The molecule has 0 saturated carbocycles. The lowest BCUT2D eigenvalue weighted by atomic mass is 10.1. The van der Waals surface area contributed by atoms with Crippen molar-refractivity contribution in [3.05, 3.63) is 59.2 Å². The van der Waals surface area contributed by atoms with Gasteiger partial charge in [-0.25, -0.2) is 0 Å². The second-order valence-corrected chi connectivity index (χ2v) is 5.26.